The molecule has 2 aliphatic rings. The second-order valence-corrected chi connectivity index (χ2v) is 13.8. The van der Waals surface area contributed by atoms with E-state index in [1.54, 1.807) is 13.2 Å². The molecule has 14 heteroatoms. The van der Waals surface area contributed by atoms with Crippen LogP contribution in [0.15, 0.2) is 57.0 Å². The number of hydrogen-bond acceptors (Lipinski definition) is 12. The van der Waals surface area contributed by atoms with Gasteiger partial charge in [0.15, 0.2) is 17.1 Å². The second-order valence-electron chi connectivity index (χ2n) is 10.2. The summed E-state index contributed by atoms with van der Waals surface area (Å²) in [4.78, 5) is 32.2. The van der Waals surface area contributed by atoms with Crippen molar-refractivity contribution in [2.45, 2.75) is 55.6 Å². The quantitative estimate of drug-likeness (QED) is 0.102. The molecule has 0 radical (unpaired) electrons. The second kappa shape index (κ2) is 14.1. The van der Waals surface area contributed by atoms with Gasteiger partial charge in [-0.05, 0) is 61.6 Å². The maximum absolute atomic E-state index is 13.2. The summed E-state index contributed by atoms with van der Waals surface area (Å²) in [5.74, 6) is 1.32. The molecular weight excluding hydrogens is 639 g/mol. The Balaban J connectivity index is 0.999. The van der Waals surface area contributed by atoms with Crippen molar-refractivity contribution >= 4 is 85.5 Å². The van der Waals surface area contributed by atoms with Crippen LogP contribution in [0.25, 0.3) is 17.2 Å². The molecule has 10 nitrogen and oxygen atoms in total. The Morgan fingerprint density at radius 1 is 1.18 bits per heavy atom. The monoisotopic (exact) mass is 667 g/mol. The van der Waals surface area contributed by atoms with Crippen molar-refractivity contribution in [3.63, 3.8) is 0 Å². The first-order valence-electron chi connectivity index (χ1n) is 14.2. The van der Waals surface area contributed by atoms with Crippen molar-refractivity contribution in [2.75, 3.05) is 19.0 Å². The van der Waals surface area contributed by atoms with Crippen LogP contribution in [-0.2, 0) is 15.3 Å². The largest absolute Gasteiger partial charge is 0.493 e. The van der Waals surface area contributed by atoms with Crippen LogP contribution in [-0.4, -0.2) is 56.0 Å². The highest BCUT2D eigenvalue weighted by Crippen LogP contribution is 2.36. The molecule has 2 aromatic carbocycles. The first-order chi connectivity index (χ1) is 21.4. The van der Waals surface area contributed by atoms with Crippen LogP contribution in [0.3, 0.4) is 0 Å². The molecular formula is C30H29N5O5S4. The number of benzene rings is 2. The maximum atomic E-state index is 13.2. The van der Waals surface area contributed by atoms with Gasteiger partial charge >= 0.3 is 0 Å². The van der Waals surface area contributed by atoms with E-state index >= 15 is 0 Å². The number of carbonyl (C=O) groups is 2. The minimum Gasteiger partial charge on any atom is -0.493 e. The van der Waals surface area contributed by atoms with E-state index in [9.17, 15) is 9.59 Å². The first-order valence-corrected chi connectivity index (χ1v) is 17.2. The number of methoxy groups -OCH3 is 1. The normalized spacial score (nSPS) is 16.7. The number of nitrogens with zero attached hydrogens (tertiary/aromatic N) is 4. The topological polar surface area (TPSA) is 120 Å². The van der Waals surface area contributed by atoms with Crippen molar-refractivity contribution in [2.24, 2.45) is 0 Å². The number of oxazole rings is 1. The minimum absolute atomic E-state index is 0.0628. The molecule has 1 saturated carbocycles. The third-order valence-corrected chi connectivity index (χ3v) is 10.3. The van der Waals surface area contributed by atoms with Gasteiger partial charge in [-0.3, -0.25) is 14.5 Å². The fraction of sp³-hybridized carbons (Fsp3) is 0.333. The van der Waals surface area contributed by atoms with Crippen LogP contribution >= 0.6 is 47.1 Å². The molecule has 1 saturated heterocycles. The summed E-state index contributed by atoms with van der Waals surface area (Å²) in [6, 6.07) is 13.2. The molecule has 6 rings (SSSR count). The van der Waals surface area contributed by atoms with Gasteiger partial charge in [-0.2, -0.15) is 0 Å². The molecule has 2 aromatic heterocycles. The standard InChI is InChI=1S/C30H29N5O5S4/c1-38-23-15-18(11-12-22(23)39-19-7-3-2-4-8-19)16-24-27(37)35(30(41)43-24)14-13-25(36)32-28-34-33-26(44-28)17-42-29-31-20-9-5-6-10-21(20)40-29/h5-6,9-12,15-16,19H,2-4,7-8,13-14,17H2,1H3,(H,32,34,36)/b24-16-. The number of nitrogens with one attached hydrogen (secondary N) is 1. The Morgan fingerprint density at radius 2 is 2.02 bits per heavy atom. The number of para-hydroxylation sites is 2. The first kappa shape index (κ1) is 30.6. The van der Waals surface area contributed by atoms with Gasteiger partial charge in [0.1, 0.15) is 14.8 Å². The van der Waals surface area contributed by atoms with Crippen molar-refractivity contribution in [1.29, 1.82) is 0 Å². The van der Waals surface area contributed by atoms with Gasteiger partial charge in [-0.1, -0.05) is 71.7 Å². The van der Waals surface area contributed by atoms with Gasteiger partial charge in [0, 0.05) is 13.0 Å². The molecule has 2 amide bonds. The summed E-state index contributed by atoms with van der Waals surface area (Å²) in [7, 11) is 1.61. The summed E-state index contributed by atoms with van der Waals surface area (Å²) < 4.78 is 17.9. The number of carbonyl (C=O) groups excluding carboxylic acids is 2. The lowest BCUT2D eigenvalue weighted by Crippen LogP contribution is -2.31. The number of aromatic nitrogens is 3. The summed E-state index contributed by atoms with van der Waals surface area (Å²) in [5, 5.41) is 12.6. The maximum Gasteiger partial charge on any atom is 0.266 e. The lowest BCUT2D eigenvalue weighted by molar-refractivity contribution is -0.122. The van der Waals surface area contributed by atoms with Crippen molar-refractivity contribution in [1.82, 2.24) is 20.1 Å². The van der Waals surface area contributed by atoms with Crippen molar-refractivity contribution in [3.8, 4) is 11.5 Å². The molecule has 0 atom stereocenters. The van der Waals surface area contributed by atoms with E-state index in [0.717, 1.165) is 34.5 Å². The highest BCUT2D eigenvalue weighted by molar-refractivity contribution is 8.26. The summed E-state index contributed by atoms with van der Waals surface area (Å²) >= 11 is 9.36. The third kappa shape index (κ3) is 7.42. The fourth-order valence-electron chi connectivity index (χ4n) is 4.87. The molecule has 1 N–H and O–H groups in total. The van der Waals surface area contributed by atoms with Gasteiger partial charge < -0.3 is 19.2 Å². The van der Waals surface area contributed by atoms with Gasteiger partial charge in [0.25, 0.3) is 11.1 Å². The molecule has 4 aromatic rings. The zero-order valence-corrected chi connectivity index (χ0v) is 27.1. The van der Waals surface area contributed by atoms with Crippen LogP contribution in [0.1, 0.15) is 49.1 Å². The van der Waals surface area contributed by atoms with E-state index in [1.165, 1.54) is 59.0 Å². The van der Waals surface area contributed by atoms with Crippen LogP contribution in [0.5, 0.6) is 11.5 Å². The molecule has 228 valence electrons. The number of anilines is 1. The predicted octanol–water partition coefficient (Wildman–Crippen LogP) is 6.92. The fourth-order valence-corrected chi connectivity index (χ4v) is 7.76. The van der Waals surface area contributed by atoms with Crippen molar-refractivity contribution < 1.29 is 23.5 Å². The lowest BCUT2D eigenvalue weighted by atomic mass is 9.98. The van der Waals surface area contributed by atoms with E-state index in [2.05, 4.69) is 20.5 Å². The van der Waals surface area contributed by atoms with E-state index in [1.807, 2.05) is 42.5 Å². The Kier molecular flexibility index (Phi) is 9.79. The van der Waals surface area contributed by atoms with E-state index in [4.69, 9.17) is 26.1 Å². The number of thiocarbonyl (C=S) groups is 1. The van der Waals surface area contributed by atoms with Gasteiger partial charge in [0.2, 0.25) is 11.0 Å². The van der Waals surface area contributed by atoms with E-state index < -0.39 is 0 Å². The van der Waals surface area contributed by atoms with Crippen LogP contribution in [0, 0.1) is 0 Å². The third-order valence-electron chi connectivity index (χ3n) is 7.07. The number of hydrogen-bond donors (Lipinski definition) is 1. The summed E-state index contributed by atoms with van der Waals surface area (Å²) in [6.07, 6.45) is 7.77. The van der Waals surface area contributed by atoms with E-state index in [0.29, 0.717) is 36.8 Å². The number of fused-ring (bicyclic) bond motifs is 1. The Morgan fingerprint density at radius 3 is 2.84 bits per heavy atom. The van der Waals surface area contributed by atoms with E-state index in [-0.39, 0.29) is 30.9 Å². The lowest BCUT2D eigenvalue weighted by Gasteiger charge is -2.24. The average molecular weight is 668 g/mol. The predicted molar refractivity (Wildman–Crippen MR) is 177 cm³/mol. The molecule has 0 bridgehead atoms. The number of ether oxygens (including phenoxy) is 2. The number of rotatable bonds is 11. The summed E-state index contributed by atoms with van der Waals surface area (Å²) in [5.41, 5.74) is 2.33. The van der Waals surface area contributed by atoms with Crippen LogP contribution < -0.4 is 14.8 Å². The molecule has 1 aliphatic heterocycles. The Labute approximate surface area is 272 Å². The van der Waals surface area contributed by atoms with Gasteiger partial charge in [-0.25, -0.2) is 4.98 Å². The number of amides is 2. The highest BCUT2D eigenvalue weighted by atomic mass is 32.2. The highest BCUT2D eigenvalue weighted by Gasteiger charge is 2.32. The molecule has 0 unspecified atom stereocenters. The molecule has 0 spiro atoms. The Bertz CT molecular complexity index is 1680. The van der Waals surface area contributed by atoms with Crippen LogP contribution in [0.2, 0.25) is 0 Å². The average Bonchev–Trinajstić information content (AvgIpc) is 3.73. The molecule has 1 aliphatic carbocycles. The molecule has 44 heavy (non-hydrogen) atoms. The molecule has 2 fully saturated rings. The van der Waals surface area contributed by atoms with Gasteiger partial charge in [0.05, 0.1) is 23.9 Å². The van der Waals surface area contributed by atoms with Crippen LogP contribution in [0.4, 0.5) is 5.13 Å². The van der Waals surface area contributed by atoms with Crippen molar-refractivity contribution in [3.05, 3.63) is 57.9 Å². The minimum atomic E-state index is -0.282. The SMILES string of the molecule is COc1cc(/C=C2\SC(=S)N(CCC(=O)Nc3nnc(CSc4nc5ccccc5o4)s3)C2=O)ccc1OC1CCCCC1. The smallest absolute Gasteiger partial charge is 0.266 e. The Hall–Kier alpha value is -3.46. The summed E-state index contributed by atoms with van der Waals surface area (Å²) in [6.45, 7) is 0.157. The number of thioether (sulfide) groups is 2. The zero-order valence-electron chi connectivity index (χ0n) is 23.8. The zero-order chi connectivity index (χ0) is 30.5. The van der Waals surface area contributed by atoms with Gasteiger partial charge in [-0.15, -0.1) is 10.2 Å². The molecule has 3 heterocycles.